The van der Waals surface area contributed by atoms with E-state index in [-0.39, 0.29) is 0 Å². The number of furan rings is 1. The number of nitrogens with zero attached hydrogens (tertiary/aromatic N) is 3. The second-order valence-electron chi connectivity index (χ2n) is 6.26. The van der Waals surface area contributed by atoms with Crippen LogP contribution < -0.4 is 0 Å². The monoisotopic (exact) mass is 347 g/mol. The number of pyridine rings is 1. The van der Waals surface area contributed by atoms with E-state index in [1.54, 1.807) is 12.1 Å². The Bertz CT molecular complexity index is 866. The van der Waals surface area contributed by atoms with Crippen molar-refractivity contribution >= 4 is 0 Å². The van der Waals surface area contributed by atoms with Gasteiger partial charge in [0.1, 0.15) is 17.5 Å². The largest absolute Gasteiger partial charge is 0.458 e. The van der Waals surface area contributed by atoms with Gasteiger partial charge in [-0.1, -0.05) is 30.3 Å². The van der Waals surface area contributed by atoms with Crippen LogP contribution >= 0.6 is 0 Å². The SMILES string of the molecule is CN(CCC(O)c1ccccc1)Cc1ccc(-c2ccc(C#N)cn2)o1. The first-order valence-corrected chi connectivity index (χ1v) is 8.52. The van der Waals surface area contributed by atoms with Crippen molar-refractivity contribution in [2.24, 2.45) is 0 Å². The van der Waals surface area contributed by atoms with Crippen molar-refractivity contribution < 1.29 is 9.52 Å². The van der Waals surface area contributed by atoms with Crippen LogP contribution in [0.2, 0.25) is 0 Å². The first-order chi connectivity index (χ1) is 12.7. The molecular weight excluding hydrogens is 326 g/mol. The third kappa shape index (κ3) is 4.57. The summed E-state index contributed by atoms with van der Waals surface area (Å²) in [6.45, 7) is 1.40. The van der Waals surface area contributed by atoms with Crippen molar-refractivity contribution in [2.75, 3.05) is 13.6 Å². The smallest absolute Gasteiger partial charge is 0.152 e. The number of benzene rings is 1. The quantitative estimate of drug-likeness (QED) is 0.704. The summed E-state index contributed by atoms with van der Waals surface area (Å²) in [6.07, 6.45) is 1.73. The lowest BCUT2D eigenvalue weighted by atomic mass is 10.1. The number of hydrogen-bond acceptors (Lipinski definition) is 5. The predicted molar refractivity (Wildman–Crippen MR) is 99.0 cm³/mol. The van der Waals surface area contributed by atoms with Gasteiger partial charge in [0, 0.05) is 12.7 Å². The third-order valence-corrected chi connectivity index (χ3v) is 4.20. The van der Waals surface area contributed by atoms with Crippen molar-refractivity contribution in [1.29, 1.82) is 5.26 Å². The molecule has 1 aromatic carbocycles. The molecule has 0 fully saturated rings. The highest BCUT2D eigenvalue weighted by Crippen LogP contribution is 2.22. The van der Waals surface area contributed by atoms with Crippen LogP contribution in [-0.4, -0.2) is 28.6 Å². The van der Waals surface area contributed by atoms with Crippen LogP contribution in [0, 0.1) is 11.3 Å². The van der Waals surface area contributed by atoms with Gasteiger partial charge in [0.15, 0.2) is 5.76 Å². The first-order valence-electron chi connectivity index (χ1n) is 8.52. The van der Waals surface area contributed by atoms with Crippen LogP contribution in [0.25, 0.3) is 11.5 Å². The molecule has 0 aliphatic heterocycles. The van der Waals surface area contributed by atoms with Gasteiger partial charge < -0.3 is 9.52 Å². The summed E-state index contributed by atoms with van der Waals surface area (Å²) in [5.41, 5.74) is 2.17. The second-order valence-corrected chi connectivity index (χ2v) is 6.26. The first kappa shape index (κ1) is 17.9. The highest BCUT2D eigenvalue weighted by Gasteiger charge is 2.11. The zero-order valence-electron chi connectivity index (χ0n) is 14.7. The molecule has 0 bridgehead atoms. The van der Waals surface area contributed by atoms with E-state index in [1.807, 2.05) is 49.5 Å². The lowest BCUT2D eigenvalue weighted by Crippen LogP contribution is -2.20. The van der Waals surface area contributed by atoms with Crippen molar-refractivity contribution in [3.05, 3.63) is 77.7 Å². The summed E-state index contributed by atoms with van der Waals surface area (Å²) >= 11 is 0. The Morgan fingerprint density at radius 2 is 1.96 bits per heavy atom. The molecule has 0 aliphatic rings. The maximum atomic E-state index is 10.2. The van der Waals surface area contributed by atoms with Crippen LogP contribution in [0.4, 0.5) is 0 Å². The third-order valence-electron chi connectivity index (χ3n) is 4.20. The summed E-state index contributed by atoms with van der Waals surface area (Å²) in [4.78, 5) is 6.35. The van der Waals surface area contributed by atoms with Gasteiger partial charge in [0.05, 0.1) is 18.2 Å². The van der Waals surface area contributed by atoms with Crippen LogP contribution in [-0.2, 0) is 6.54 Å². The molecule has 2 aromatic heterocycles. The zero-order chi connectivity index (χ0) is 18.4. The topological polar surface area (TPSA) is 73.3 Å². The molecule has 0 spiro atoms. The maximum absolute atomic E-state index is 10.2. The molecule has 5 heteroatoms. The maximum Gasteiger partial charge on any atom is 0.152 e. The number of aliphatic hydroxyl groups is 1. The van der Waals surface area contributed by atoms with E-state index in [1.165, 1.54) is 6.20 Å². The number of nitriles is 1. The molecule has 0 aliphatic carbocycles. The molecule has 0 radical (unpaired) electrons. The van der Waals surface area contributed by atoms with E-state index in [2.05, 4.69) is 16.0 Å². The van der Waals surface area contributed by atoms with Gasteiger partial charge in [-0.05, 0) is 43.3 Å². The van der Waals surface area contributed by atoms with Gasteiger partial charge in [-0.25, -0.2) is 0 Å². The average molecular weight is 347 g/mol. The minimum Gasteiger partial charge on any atom is -0.458 e. The van der Waals surface area contributed by atoms with Gasteiger partial charge in [-0.3, -0.25) is 9.88 Å². The molecule has 1 N–H and O–H groups in total. The van der Waals surface area contributed by atoms with E-state index in [4.69, 9.17) is 9.68 Å². The summed E-state index contributed by atoms with van der Waals surface area (Å²) < 4.78 is 5.86. The molecule has 2 heterocycles. The molecule has 132 valence electrons. The minimum atomic E-state index is -0.464. The lowest BCUT2D eigenvalue weighted by molar-refractivity contribution is 0.145. The molecule has 0 saturated carbocycles. The Balaban J connectivity index is 1.54. The van der Waals surface area contributed by atoms with E-state index in [0.29, 0.717) is 30.0 Å². The lowest BCUT2D eigenvalue weighted by Gasteiger charge is -2.18. The Morgan fingerprint density at radius 3 is 2.65 bits per heavy atom. The highest BCUT2D eigenvalue weighted by molar-refractivity contribution is 5.53. The Labute approximate surface area is 153 Å². The van der Waals surface area contributed by atoms with Crippen LogP contribution in [0.1, 0.15) is 29.4 Å². The Kier molecular flexibility index (Phi) is 5.80. The second kappa shape index (κ2) is 8.43. The summed E-state index contributed by atoms with van der Waals surface area (Å²) in [6, 6.07) is 19.1. The van der Waals surface area contributed by atoms with Crippen LogP contribution in [0.5, 0.6) is 0 Å². The van der Waals surface area contributed by atoms with E-state index in [0.717, 1.165) is 17.9 Å². The van der Waals surface area contributed by atoms with Crippen LogP contribution in [0.15, 0.2) is 65.2 Å². The standard InChI is InChI=1S/C21H21N3O2/c1-24(12-11-20(25)17-5-3-2-4-6-17)15-18-8-10-21(26-18)19-9-7-16(13-22)14-23-19/h2-10,14,20,25H,11-12,15H2,1H3. The van der Waals surface area contributed by atoms with Crippen molar-refractivity contribution in [1.82, 2.24) is 9.88 Å². The Hall–Kier alpha value is -2.94. The molecule has 3 rings (SSSR count). The fraction of sp³-hybridized carbons (Fsp3) is 0.238. The molecule has 5 nitrogen and oxygen atoms in total. The Morgan fingerprint density at radius 1 is 1.15 bits per heavy atom. The molecular formula is C21H21N3O2. The minimum absolute atomic E-state index is 0.464. The molecule has 0 amide bonds. The van der Waals surface area contributed by atoms with Crippen molar-refractivity contribution in [3.8, 4) is 17.5 Å². The van der Waals surface area contributed by atoms with E-state index < -0.39 is 6.10 Å². The molecule has 0 saturated heterocycles. The van der Waals surface area contributed by atoms with Crippen LogP contribution in [0.3, 0.4) is 0 Å². The van der Waals surface area contributed by atoms with E-state index in [9.17, 15) is 5.11 Å². The van der Waals surface area contributed by atoms with E-state index >= 15 is 0 Å². The molecule has 3 aromatic rings. The number of aliphatic hydroxyl groups excluding tert-OH is 1. The summed E-state index contributed by atoms with van der Waals surface area (Å²) in [7, 11) is 2.00. The zero-order valence-corrected chi connectivity index (χ0v) is 14.7. The van der Waals surface area contributed by atoms with Gasteiger partial charge in [-0.2, -0.15) is 5.26 Å². The van der Waals surface area contributed by atoms with Crippen molar-refractivity contribution in [3.63, 3.8) is 0 Å². The fourth-order valence-electron chi connectivity index (χ4n) is 2.74. The normalized spacial score (nSPS) is 12.1. The van der Waals surface area contributed by atoms with Gasteiger partial charge in [0.2, 0.25) is 0 Å². The molecule has 1 unspecified atom stereocenters. The number of aromatic nitrogens is 1. The van der Waals surface area contributed by atoms with Crippen molar-refractivity contribution in [2.45, 2.75) is 19.1 Å². The van der Waals surface area contributed by atoms with Gasteiger partial charge in [0.25, 0.3) is 0 Å². The van der Waals surface area contributed by atoms with Gasteiger partial charge >= 0.3 is 0 Å². The predicted octanol–water partition coefficient (Wildman–Crippen LogP) is 3.77. The number of hydrogen-bond donors (Lipinski definition) is 1. The molecule has 1 atom stereocenters. The highest BCUT2D eigenvalue weighted by atomic mass is 16.3. The number of rotatable bonds is 7. The van der Waals surface area contributed by atoms with Gasteiger partial charge in [-0.15, -0.1) is 0 Å². The molecule has 26 heavy (non-hydrogen) atoms. The summed E-state index contributed by atoms with van der Waals surface area (Å²) in [5.74, 6) is 1.52. The average Bonchev–Trinajstić information content (AvgIpc) is 3.15. The fourth-order valence-corrected chi connectivity index (χ4v) is 2.74. The summed E-state index contributed by atoms with van der Waals surface area (Å²) in [5, 5.41) is 19.1.